The Hall–Kier alpha value is 0.120. The van der Waals surface area contributed by atoms with E-state index in [0.717, 1.165) is 0 Å². The Bertz CT molecular complexity index is 158. The van der Waals surface area contributed by atoms with E-state index in [-0.39, 0.29) is 12.6 Å². The first-order valence-electron chi connectivity index (χ1n) is 4.05. The quantitative estimate of drug-likeness (QED) is 0.701. The van der Waals surface area contributed by atoms with Gasteiger partial charge in [0.05, 0.1) is 12.2 Å². The van der Waals surface area contributed by atoms with Gasteiger partial charge in [-0.1, -0.05) is 0 Å². The lowest BCUT2D eigenvalue weighted by atomic mass is 10.1. The zero-order valence-electron chi connectivity index (χ0n) is 8.13. The molecule has 0 aliphatic rings. The second-order valence-electron chi connectivity index (χ2n) is 3.13. The largest absolute Gasteiger partial charge is 0.393 e. The fraction of sp³-hybridized carbons (Fsp3) is 0.875. The number of carbonyl (C=O) groups is 1. The summed E-state index contributed by atoms with van der Waals surface area (Å²) >= 11 is 1.53. The minimum Gasteiger partial charge on any atom is -0.393 e. The van der Waals surface area contributed by atoms with Crippen LogP contribution in [-0.2, 0) is 17.3 Å². The Morgan fingerprint density at radius 3 is 2.54 bits per heavy atom. The molecule has 0 spiro atoms. The van der Waals surface area contributed by atoms with Crippen molar-refractivity contribution in [1.29, 1.82) is 0 Å². The van der Waals surface area contributed by atoms with Gasteiger partial charge in [-0.3, -0.25) is 0 Å². The fourth-order valence-electron chi connectivity index (χ4n) is 0.666. The maximum absolute atomic E-state index is 10.7. The van der Waals surface area contributed by atoms with E-state index in [4.69, 9.17) is 9.47 Å². The standard InChI is InChI=1S/C8H15IO4/c1-4-11-6-8(2,3)12-5-7(10)13-9/h4-6H2,1-3H3. The zero-order valence-corrected chi connectivity index (χ0v) is 10.3. The lowest BCUT2D eigenvalue weighted by Crippen LogP contribution is -2.33. The summed E-state index contributed by atoms with van der Waals surface area (Å²) in [6, 6.07) is 0. The lowest BCUT2D eigenvalue weighted by Gasteiger charge is -2.23. The first-order chi connectivity index (χ1) is 6.02. The van der Waals surface area contributed by atoms with E-state index in [2.05, 4.69) is 3.07 Å². The molecule has 0 saturated carbocycles. The van der Waals surface area contributed by atoms with Crippen molar-refractivity contribution in [1.82, 2.24) is 0 Å². The van der Waals surface area contributed by atoms with Crippen molar-refractivity contribution >= 4 is 29.0 Å². The van der Waals surface area contributed by atoms with E-state index in [1.807, 2.05) is 20.8 Å². The van der Waals surface area contributed by atoms with E-state index in [9.17, 15) is 4.79 Å². The SMILES string of the molecule is CCOCC(C)(C)OCC(=O)OI. The minimum absolute atomic E-state index is 0.0387. The van der Waals surface area contributed by atoms with Crippen LogP contribution in [0.3, 0.4) is 0 Å². The molecule has 0 fully saturated rings. The first kappa shape index (κ1) is 13.1. The predicted molar refractivity (Wildman–Crippen MR) is 56.6 cm³/mol. The number of hydrogen-bond donors (Lipinski definition) is 0. The lowest BCUT2D eigenvalue weighted by molar-refractivity contribution is -0.145. The topological polar surface area (TPSA) is 44.8 Å². The van der Waals surface area contributed by atoms with Crippen LogP contribution in [0.5, 0.6) is 0 Å². The molecule has 4 nitrogen and oxygen atoms in total. The summed E-state index contributed by atoms with van der Waals surface area (Å²) in [6.07, 6.45) is 0. The monoisotopic (exact) mass is 302 g/mol. The molecule has 13 heavy (non-hydrogen) atoms. The molecule has 0 aromatic heterocycles. The van der Waals surface area contributed by atoms with E-state index < -0.39 is 5.60 Å². The van der Waals surface area contributed by atoms with Crippen molar-refractivity contribution < 1.29 is 17.3 Å². The van der Waals surface area contributed by atoms with Crippen molar-refractivity contribution in [2.45, 2.75) is 26.4 Å². The van der Waals surface area contributed by atoms with Crippen LogP contribution in [-0.4, -0.2) is 31.4 Å². The molecule has 0 aromatic rings. The highest BCUT2D eigenvalue weighted by molar-refractivity contribution is 14.1. The van der Waals surface area contributed by atoms with Gasteiger partial charge in [0.25, 0.3) is 0 Å². The third-order valence-corrected chi connectivity index (χ3v) is 1.81. The van der Waals surface area contributed by atoms with E-state index in [0.29, 0.717) is 13.2 Å². The Kier molecular flexibility index (Phi) is 6.62. The molecule has 0 saturated heterocycles. The number of hydrogen-bond acceptors (Lipinski definition) is 4. The predicted octanol–water partition coefficient (Wildman–Crippen LogP) is 1.71. The summed E-state index contributed by atoms with van der Waals surface area (Å²) < 4.78 is 14.9. The van der Waals surface area contributed by atoms with Gasteiger partial charge in [-0.25, -0.2) is 4.79 Å². The van der Waals surface area contributed by atoms with E-state index in [1.54, 1.807) is 0 Å². The summed E-state index contributed by atoms with van der Waals surface area (Å²) in [7, 11) is 0. The van der Waals surface area contributed by atoms with Crippen molar-refractivity contribution in [3.8, 4) is 0 Å². The van der Waals surface area contributed by atoms with Crippen molar-refractivity contribution in [3.05, 3.63) is 0 Å². The summed E-state index contributed by atoms with van der Waals surface area (Å²) in [5.41, 5.74) is -0.444. The molecule has 0 radical (unpaired) electrons. The molecule has 0 N–H and O–H groups in total. The Morgan fingerprint density at radius 1 is 1.46 bits per heavy atom. The Labute approximate surface area is 92.6 Å². The van der Waals surface area contributed by atoms with Gasteiger partial charge in [-0.15, -0.1) is 0 Å². The molecule has 0 aliphatic carbocycles. The Morgan fingerprint density at radius 2 is 2.08 bits per heavy atom. The van der Waals surface area contributed by atoms with E-state index >= 15 is 0 Å². The zero-order chi connectivity index (χ0) is 10.3. The average Bonchev–Trinajstić information content (AvgIpc) is 2.11. The highest BCUT2D eigenvalue weighted by Gasteiger charge is 2.20. The molecular weight excluding hydrogens is 287 g/mol. The van der Waals surface area contributed by atoms with Crippen molar-refractivity contribution in [2.75, 3.05) is 19.8 Å². The van der Waals surface area contributed by atoms with Gasteiger partial charge in [0, 0.05) is 6.61 Å². The molecule has 0 aromatic carbocycles. The molecular formula is C8H15IO4. The molecule has 0 amide bonds. The van der Waals surface area contributed by atoms with Gasteiger partial charge in [-0.2, -0.15) is 0 Å². The number of rotatable bonds is 6. The highest BCUT2D eigenvalue weighted by atomic mass is 127. The molecule has 0 unspecified atom stereocenters. The fourth-order valence-corrected chi connectivity index (χ4v) is 0.793. The van der Waals surface area contributed by atoms with Gasteiger partial charge in [0.15, 0.2) is 23.0 Å². The smallest absolute Gasteiger partial charge is 0.341 e. The van der Waals surface area contributed by atoms with Crippen LogP contribution < -0.4 is 0 Å². The van der Waals surface area contributed by atoms with Gasteiger partial charge in [-0.05, 0) is 20.8 Å². The summed E-state index contributed by atoms with van der Waals surface area (Å²) in [5.74, 6) is -0.384. The number of ether oxygens (including phenoxy) is 2. The average molecular weight is 302 g/mol. The van der Waals surface area contributed by atoms with Crippen LogP contribution in [0, 0.1) is 0 Å². The molecule has 0 rings (SSSR count). The third kappa shape index (κ3) is 7.21. The number of halogens is 1. The molecule has 78 valence electrons. The Balaban J connectivity index is 3.67. The van der Waals surface area contributed by atoms with Gasteiger partial charge < -0.3 is 12.5 Å². The summed E-state index contributed by atoms with van der Waals surface area (Å²) in [4.78, 5) is 10.7. The first-order valence-corrected chi connectivity index (χ1v) is 4.93. The van der Waals surface area contributed by atoms with E-state index in [1.165, 1.54) is 23.0 Å². The van der Waals surface area contributed by atoms with Crippen LogP contribution in [0.2, 0.25) is 0 Å². The molecule has 0 atom stereocenters. The number of carbonyl (C=O) groups excluding carboxylic acids is 1. The van der Waals surface area contributed by atoms with Crippen LogP contribution in [0.4, 0.5) is 0 Å². The normalized spacial score (nSPS) is 11.4. The minimum atomic E-state index is -0.444. The maximum atomic E-state index is 10.7. The van der Waals surface area contributed by atoms with Crippen LogP contribution in [0.1, 0.15) is 20.8 Å². The third-order valence-electron chi connectivity index (χ3n) is 1.32. The molecule has 5 heteroatoms. The molecule has 0 heterocycles. The van der Waals surface area contributed by atoms with Crippen LogP contribution >= 0.6 is 23.0 Å². The highest BCUT2D eigenvalue weighted by Crippen LogP contribution is 2.09. The second kappa shape index (κ2) is 6.56. The van der Waals surface area contributed by atoms with Gasteiger partial charge >= 0.3 is 5.97 Å². The van der Waals surface area contributed by atoms with Crippen molar-refractivity contribution in [2.24, 2.45) is 0 Å². The molecule has 0 aliphatic heterocycles. The van der Waals surface area contributed by atoms with Gasteiger partial charge in [0.2, 0.25) is 0 Å². The summed E-state index contributed by atoms with van der Waals surface area (Å²) in [5, 5.41) is 0. The molecule has 0 bridgehead atoms. The van der Waals surface area contributed by atoms with Crippen LogP contribution in [0.25, 0.3) is 0 Å². The maximum Gasteiger partial charge on any atom is 0.341 e. The van der Waals surface area contributed by atoms with Gasteiger partial charge in [0.1, 0.15) is 6.61 Å². The second-order valence-corrected chi connectivity index (χ2v) is 3.58. The van der Waals surface area contributed by atoms with Crippen LogP contribution in [0.15, 0.2) is 0 Å². The summed E-state index contributed by atoms with van der Waals surface area (Å²) in [6.45, 7) is 6.71. The van der Waals surface area contributed by atoms with Crippen molar-refractivity contribution in [3.63, 3.8) is 0 Å².